The Balaban J connectivity index is 1.77. The van der Waals surface area contributed by atoms with Crippen molar-refractivity contribution in [3.63, 3.8) is 0 Å². The Bertz CT molecular complexity index is 547. The van der Waals surface area contributed by atoms with Crippen molar-refractivity contribution in [1.82, 2.24) is 9.97 Å². The van der Waals surface area contributed by atoms with Gasteiger partial charge in [-0.15, -0.1) is 0 Å². The smallest absolute Gasteiger partial charge is 0.356 e. The Kier molecular flexibility index (Phi) is 2.48. The van der Waals surface area contributed by atoms with E-state index in [1.165, 1.54) is 38.5 Å². The Morgan fingerprint density at radius 3 is 2.25 bits per heavy atom. The molecule has 4 heteroatoms. The predicted octanol–water partition coefficient (Wildman–Crippen LogP) is 2.95. The van der Waals surface area contributed by atoms with Gasteiger partial charge in [-0.25, -0.2) is 9.78 Å². The molecule has 0 aromatic carbocycles. The van der Waals surface area contributed by atoms with Crippen LogP contribution in [-0.2, 0) is 5.41 Å². The summed E-state index contributed by atoms with van der Waals surface area (Å²) < 4.78 is 0. The minimum atomic E-state index is -0.957. The quantitative estimate of drug-likeness (QED) is 0.899. The lowest BCUT2D eigenvalue weighted by atomic mass is 9.49. The highest BCUT2D eigenvalue weighted by atomic mass is 16.4. The van der Waals surface area contributed by atoms with Crippen LogP contribution in [0, 0.1) is 24.7 Å². The van der Waals surface area contributed by atoms with Crippen molar-refractivity contribution in [3.8, 4) is 0 Å². The fraction of sp³-hybridized carbons (Fsp3) is 0.688. The lowest BCUT2D eigenvalue weighted by Gasteiger charge is -2.56. The Morgan fingerprint density at radius 2 is 1.75 bits per heavy atom. The number of aromatic nitrogens is 2. The summed E-state index contributed by atoms with van der Waals surface area (Å²) in [6, 6.07) is 0. The van der Waals surface area contributed by atoms with Crippen LogP contribution in [0.5, 0.6) is 0 Å². The molecule has 4 bridgehead atoms. The number of carboxylic acid groups (broad SMARTS) is 1. The van der Waals surface area contributed by atoms with Crippen LogP contribution in [0.2, 0.25) is 0 Å². The molecule has 0 saturated heterocycles. The van der Waals surface area contributed by atoms with E-state index in [1.807, 2.05) is 6.20 Å². The normalized spacial score (nSPS) is 38.1. The zero-order valence-corrected chi connectivity index (χ0v) is 11.8. The number of nitrogens with zero attached hydrogens (tertiary/aromatic N) is 2. The topological polar surface area (TPSA) is 63.1 Å². The molecule has 4 fully saturated rings. The van der Waals surface area contributed by atoms with Gasteiger partial charge < -0.3 is 5.11 Å². The van der Waals surface area contributed by atoms with Gasteiger partial charge in [-0.3, -0.25) is 4.98 Å². The van der Waals surface area contributed by atoms with Crippen LogP contribution >= 0.6 is 0 Å². The summed E-state index contributed by atoms with van der Waals surface area (Å²) in [5.74, 6) is 1.54. The lowest BCUT2D eigenvalue weighted by Crippen LogP contribution is -2.49. The first-order valence-corrected chi connectivity index (χ1v) is 7.63. The molecule has 1 aromatic heterocycles. The van der Waals surface area contributed by atoms with Gasteiger partial charge in [0.05, 0.1) is 11.4 Å². The molecule has 0 aliphatic heterocycles. The molecular weight excluding hydrogens is 252 g/mol. The highest BCUT2D eigenvalue weighted by Gasteiger charge is 2.52. The molecule has 4 nitrogen and oxygen atoms in total. The minimum absolute atomic E-state index is 0.125. The van der Waals surface area contributed by atoms with E-state index in [4.69, 9.17) is 0 Å². The number of carboxylic acids is 1. The van der Waals surface area contributed by atoms with Gasteiger partial charge in [0.15, 0.2) is 5.69 Å². The van der Waals surface area contributed by atoms with Crippen molar-refractivity contribution in [1.29, 1.82) is 0 Å². The second kappa shape index (κ2) is 4.03. The zero-order valence-electron chi connectivity index (χ0n) is 11.8. The number of aromatic carboxylic acids is 1. The highest BCUT2D eigenvalue weighted by molar-refractivity contribution is 5.86. The molecule has 1 N–H and O–H groups in total. The van der Waals surface area contributed by atoms with Crippen molar-refractivity contribution in [2.45, 2.75) is 50.9 Å². The maximum atomic E-state index is 11.3. The fourth-order valence-electron chi connectivity index (χ4n) is 5.33. The van der Waals surface area contributed by atoms with Crippen molar-refractivity contribution in [2.24, 2.45) is 17.8 Å². The summed E-state index contributed by atoms with van der Waals surface area (Å²) in [6.07, 6.45) is 9.55. The van der Waals surface area contributed by atoms with Crippen LogP contribution in [0.15, 0.2) is 6.20 Å². The van der Waals surface area contributed by atoms with Crippen LogP contribution in [0.3, 0.4) is 0 Å². The molecular formula is C16H20N2O2. The molecule has 4 saturated carbocycles. The van der Waals surface area contributed by atoms with Crippen molar-refractivity contribution < 1.29 is 9.90 Å². The van der Waals surface area contributed by atoms with Gasteiger partial charge in [-0.2, -0.15) is 0 Å². The van der Waals surface area contributed by atoms with Crippen molar-refractivity contribution in [3.05, 3.63) is 23.3 Å². The number of rotatable bonds is 2. The second-order valence-electron chi connectivity index (χ2n) is 7.19. The van der Waals surface area contributed by atoms with E-state index in [-0.39, 0.29) is 11.1 Å². The van der Waals surface area contributed by atoms with Crippen LogP contribution in [0.1, 0.15) is 60.4 Å². The molecule has 1 aromatic rings. The number of aryl methyl sites for hydroxylation is 1. The molecule has 106 valence electrons. The summed E-state index contributed by atoms with van der Waals surface area (Å²) in [5.41, 5.74) is 1.73. The molecule has 5 rings (SSSR count). The summed E-state index contributed by atoms with van der Waals surface area (Å²) >= 11 is 0. The van der Waals surface area contributed by atoms with Gasteiger partial charge in [0, 0.05) is 11.6 Å². The number of hydrogen-bond donors (Lipinski definition) is 1. The average molecular weight is 272 g/mol. The van der Waals surface area contributed by atoms with Crippen molar-refractivity contribution in [2.75, 3.05) is 0 Å². The first kappa shape index (κ1) is 12.3. The largest absolute Gasteiger partial charge is 0.476 e. The van der Waals surface area contributed by atoms with Gasteiger partial charge >= 0.3 is 5.97 Å². The summed E-state index contributed by atoms with van der Waals surface area (Å²) in [5, 5.41) is 9.27. The molecule has 0 atom stereocenters. The molecule has 4 aliphatic carbocycles. The molecule has 0 amide bonds. The van der Waals surface area contributed by atoms with Gasteiger partial charge in [0.25, 0.3) is 0 Å². The van der Waals surface area contributed by atoms with Crippen molar-refractivity contribution >= 4 is 5.97 Å². The second-order valence-corrected chi connectivity index (χ2v) is 7.19. The fourth-order valence-corrected chi connectivity index (χ4v) is 5.33. The predicted molar refractivity (Wildman–Crippen MR) is 73.6 cm³/mol. The maximum absolute atomic E-state index is 11.3. The van der Waals surface area contributed by atoms with Gasteiger partial charge in [-0.1, -0.05) is 0 Å². The number of hydrogen-bond acceptors (Lipinski definition) is 3. The Labute approximate surface area is 118 Å². The van der Waals surface area contributed by atoms with Gasteiger partial charge in [0.2, 0.25) is 0 Å². The van der Waals surface area contributed by atoms with E-state index >= 15 is 0 Å². The Morgan fingerprint density at radius 1 is 1.20 bits per heavy atom. The summed E-state index contributed by atoms with van der Waals surface area (Å²) in [4.78, 5) is 20.1. The van der Waals surface area contributed by atoms with E-state index in [9.17, 15) is 9.90 Å². The third kappa shape index (κ3) is 1.70. The third-order valence-corrected chi connectivity index (χ3v) is 5.74. The first-order chi connectivity index (χ1) is 9.56. The molecule has 1 heterocycles. The van der Waals surface area contributed by atoms with Crippen LogP contribution in [0.25, 0.3) is 0 Å². The summed E-state index contributed by atoms with van der Waals surface area (Å²) in [6.45, 7) is 1.72. The Hall–Kier alpha value is -1.45. The average Bonchev–Trinajstić information content (AvgIpc) is 2.37. The maximum Gasteiger partial charge on any atom is 0.356 e. The molecule has 0 spiro atoms. The summed E-state index contributed by atoms with van der Waals surface area (Å²) in [7, 11) is 0. The number of carbonyl (C=O) groups is 1. The van der Waals surface area contributed by atoms with Gasteiger partial charge in [0.1, 0.15) is 0 Å². The third-order valence-electron chi connectivity index (χ3n) is 5.74. The highest BCUT2D eigenvalue weighted by Crippen LogP contribution is 2.60. The monoisotopic (exact) mass is 272 g/mol. The molecule has 0 radical (unpaired) electrons. The SMILES string of the molecule is Cc1ncc(C23CC4CC(CC(C4)C2)C3)nc1C(=O)O. The van der Waals surface area contributed by atoms with E-state index < -0.39 is 5.97 Å². The molecule has 0 unspecified atom stereocenters. The van der Waals surface area contributed by atoms with E-state index in [0.717, 1.165) is 23.4 Å². The van der Waals surface area contributed by atoms with E-state index in [2.05, 4.69) is 9.97 Å². The zero-order chi connectivity index (χ0) is 13.9. The van der Waals surface area contributed by atoms with E-state index in [1.54, 1.807) is 6.92 Å². The standard InChI is InChI=1S/C16H20N2O2/c1-9-14(15(19)20)18-13(8-17-9)16-5-10-2-11(6-16)4-12(3-10)7-16/h8,10-12H,2-7H2,1H3,(H,19,20). The van der Waals surface area contributed by atoms with Crippen LogP contribution < -0.4 is 0 Å². The van der Waals surface area contributed by atoms with Crippen LogP contribution in [-0.4, -0.2) is 21.0 Å². The first-order valence-electron chi connectivity index (χ1n) is 7.63. The minimum Gasteiger partial charge on any atom is -0.476 e. The lowest BCUT2D eigenvalue weighted by molar-refractivity contribution is -0.00748. The molecule has 4 aliphatic rings. The van der Waals surface area contributed by atoms with Crippen LogP contribution in [0.4, 0.5) is 0 Å². The van der Waals surface area contributed by atoms with Gasteiger partial charge in [-0.05, 0) is 63.2 Å². The molecule has 20 heavy (non-hydrogen) atoms. The van der Waals surface area contributed by atoms with E-state index in [0.29, 0.717) is 5.69 Å².